The highest BCUT2D eigenvalue weighted by molar-refractivity contribution is 6.76. The Morgan fingerprint density at radius 2 is 1.81 bits per heavy atom. The molecule has 0 aliphatic rings. The van der Waals surface area contributed by atoms with Crippen molar-refractivity contribution in [2.45, 2.75) is 59.4 Å². The van der Waals surface area contributed by atoms with Gasteiger partial charge in [0.05, 0.1) is 12.2 Å². The number of aromatic nitrogens is 4. The predicted octanol–water partition coefficient (Wildman–Crippen LogP) is 6.82. The molecule has 0 aliphatic heterocycles. The van der Waals surface area contributed by atoms with Crippen LogP contribution in [0.5, 0.6) is 5.88 Å². The van der Waals surface area contributed by atoms with Gasteiger partial charge in [0.1, 0.15) is 12.5 Å². The Kier molecular flexibility index (Phi) is 8.55. The summed E-state index contributed by atoms with van der Waals surface area (Å²) in [4.78, 5) is 7.87. The van der Waals surface area contributed by atoms with Gasteiger partial charge < -0.3 is 9.47 Å². The summed E-state index contributed by atoms with van der Waals surface area (Å²) < 4.78 is 67.4. The summed E-state index contributed by atoms with van der Waals surface area (Å²) in [5, 5.41) is 3.91. The van der Waals surface area contributed by atoms with Gasteiger partial charge in [0.2, 0.25) is 11.7 Å². The SMILES string of the molecule is Cc1cc(OCC(C)C)ncc1-c1ccc(-c2nc(C(F)(F)F)n(COCC[Si](C)(C)C)n2)c(F)c1. The van der Waals surface area contributed by atoms with Gasteiger partial charge in [0.25, 0.3) is 0 Å². The summed E-state index contributed by atoms with van der Waals surface area (Å²) >= 11 is 0. The maximum absolute atomic E-state index is 15.1. The van der Waals surface area contributed by atoms with Crippen LogP contribution in [-0.2, 0) is 17.6 Å². The number of pyridine rings is 1. The maximum Gasteiger partial charge on any atom is 0.451 e. The number of ether oxygens (including phenoxy) is 2. The van der Waals surface area contributed by atoms with Gasteiger partial charge in [-0.05, 0) is 42.1 Å². The molecule has 1 aromatic carbocycles. The number of nitrogens with zero attached hydrogens (tertiary/aromatic N) is 4. The van der Waals surface area contributed by atoms with Crippen molar-refractivity contribution in [1.82, 2.24) is 19.7 Å². The molecule has 2 aromatic heterocycles. The van der Waals surface area contributed by atoms with E-state index in [0.29, 0.717) is 40.8 Å². The van der Waals surface area contributed by atoms with E-state index in [1.165, 1.54) is 12.1 Å². The van der Waals surface area contributed by atoms with Crippen molar-refractivity contribution in [2.75, 3.05) is 13.2 Å². The molecule has 3 rings (SSSR count). The zero-order chi connectivity index (χ0) is 26.7. The van der Waals surface area contributed by atoms with Crippen molar-refractivity contribution in [3.63, 3.8) is 0 Å². The third-order valence-electron chi connectivity index (χ3n) is 5.31. The molecule has 0 N–H and O–H groups in total. The van der Waals surface area contributed by atoms with E-state index in [-0.39, 0.29) is 11.4 Å². The highest BCUT2D eigenvalue weighted by atomic mass is 28.3. The van der Waals surface area contributed by atoms with Crippen LogP contribution in [0.4, 0.5) is 17.6 Å². The molecule has 0 bridgehead atoms. The summed E-state index contributed by atoms with van der Waals surface area (Å²) in [6.45, 7) is 12.8. The lowest BCUT2D eigenvalue weighted by Crippen LogP contribution is -2.23. The van der Waals surface area contributed by atoms with Crippen molar-refractivity contribution >= 4 is 8.07 Å². The first-order chi connectivity index (χ1) is 16.7. The molecule has 2 heterocycles. The molecule has 0 radical (unpaired) electrons. The van der Waals surface area contributed by atoms with Gasteiger partial charge in [-0.15, -0.1) is 5.10 Å². The van der Waals surface area contributed by atoms with Crippen LogP contribution in [0.15, 0.2) is 30.5 Å². The average molecular weight is 525 g/mol. The van der Waals surface area contributed by atoms with E-state index in [4.69, 9.17) is 9.47 Å². The number of benzene rings is 1. The maximum atomic E-state index is 15.1. The van der Waals surface area contributed by atoms with E-state index in [2.05, 4.69) is 34.7 Å². The van der Waals surface area contributed by atoms with Crippen LogP contribution < -0.4 is 4.74 Å². The van der Waals surface area contributed by atoms with E-state index in [1.807, 2.05) is 20.8 Å². The summed E-state index contributed by atoms with van der Waals surface area (Å²) in [6, 6.07) is 6.79. The minimum atomic E-state index is -4.76. The van der Waals surface area contributed by atoms with Crippen molar-refractivity contribution < 1.29 is 27.0 Å². The van der Waals surface area contributed by atoms with Crippen LogP contribution in [0, 0.1) is 18.7 Å². The first-order valence-electron chi connectivity index (χ1n) is 11.7. The highest BCUT2D eigenvalue weighted by Gasteiger charge is 2.38. The molecule has 196 valence electrons. The number of hydrogen-bond acceptors (Lipinski definition) is 5. The summed E-state index contributed by atoms with van der Waals surface area (Å²) in [7, 11) is -1.40. The average Bonchev–Trinajstić information content (AvgIpc) is 3.19. The smallest absolute Gasteiger partial charge is 0.451 e. The molecule has 6 nitrogen and oxygen atoms in total. The second kappa shape index (κ2) is 11.1. The van der Waals surface area contributed by atoms with Gasteiger partial charge in [-0.25, -0.2) is 19.0 Å². The van der Waals surface area contributed by atoms with Crippen molar-refractivity contribution in [3.8, 4) is 28.4 Å². The van der Waals surface area contributed by atoms with Crippen LogP contribution in [0.3, 0.4) is 0 Å². The summed E-state index contributed by atoms with van der Waals surface area (Å²) in [5.41, 5.74) is 1.91. The molecule has 0 atom stereocenters. The van der Waals surface area contributed by atoms with Crippen molar-refractivity contribution in [1.29, 1.82) is 0 Å². The first kappa shape index (κ1) is 27.8. The zero-order valence-electron chi connectivity index (χ0n) is 21.4. The molecule has 36 heavy (non-hydrogen) atoms. The molecule has 0 saturated carbocycles. The summed E-state index contributed by atoms with van der Waals surface area (Å²) in [5.74, 6) is -1.50. The second-order valence-electron chi connectivity index (χ2n) is 10.3. The Labute approximate surface area is 209 Å². The van der Waals surface area contributed by atoms with E-state index in [1.54, 1.807) is 18.3 Å². The molecule has 11 heteroatoms. The number of hydrogen-bond donors (Lipinski definition) is 0. The second-order valence-corrected chi connectivity index (χ2v) is 16.0. The predicted molar refractivity (Wildman–Crippen MR) is 133 cm³/mol. The molecular weight excluding hydrogens is 492 g/mol. The minimum Gasteiger partial charge on any atom is -0.477 e. The fourth-order valence-corrected chi connectivity index (χ4v) is 4.07. The number of aryl methyl sites for hydroxylation is 1. The lowest BCUT2D eigenvalue weighted by Gasteiger charge is -2.15. The van der Waals surface area contributed by atoms with Crippen LogP contribution in [0.2, 0.25) is 25.7 Å². The normalized spacial score (nSPS) is 12.4. The fourth-order valence-electron chi connectivity index (χ4n) is 3.31. The lowest BCUT2D eigenvalue weighted by molar-refractivity contribution is -0.150. The Hall–Kier alpha value is -2.79. The Morgan fingerprint density at radius 3 is 2.39 bits per heavy atom. The molecule has 0 aliphatic carbocycles. The Bertz CT molecular complexity index is 1190. The third-order valence-corrected chi connectivity index (χ3v) is 7.01. The Balaban J connectivity index is 1.84. The number of halogens is 4. The molecule has 0 saturated heterocycles. The molecule has 0 spiro atoms. The lowest BCUT2D eigenvalue weighted by atomic mass is 10.0. The van der Waals surface area contributed by atoms with E-state index >= 15 is 4.39 Å². The highest BCUT2D eigenvalue weighted by Crippen LogP contribution is 2.32. The monoisotopic (exact) mass is 524 g/mol. The van der Waals surface area contributed by atoms with Gasteiger partial charge >= 0.3 is 6.18 Å². The van der Waals surface area contributed by atoms with Crippen LogP contribution in [0.1, 0.15) is 25.2 Å². The summed E-state index contributed by atoms with van der Waals surface area (Å²) in [6.07, 6.45) is -3.17. The third kappa shape index (κ3) is 7.36. The van der Waals surface area contributed by atoms with Crippen LogP contribution >= 0.6 is 0 Å². The quantitative estimate of drug-likeness (QED) is 0.165. The van der Waals surface area contributed by atoms with E-state index in [0.717, 1.165) is 11.6 Å². The molecule has 0 amide bonds. The van der Waals surface area contributed by atoms with Crippen molar-refractivity contribution in [2.24, 2.45) is 5.92 Å². The van der Waals surface area contributed by atoms with Crippen molar-refractivity contribution in [3.05, 3.63) is 47.7 Å². The van der Waals surface area contributed by atoms with Gasteiger partial charge in [-0.3, -0.25) is 0 Å². The molecule has 3 aromatic rings. The van der Waals surface area contributed by atoms with Gasteiger partial charge in [-0.2, -0.15) is 13.2 Å². The van der Waals surface area contributed by atoms with Crippen LogP contribution in [0.25, 0.3) is 22.5 Å². The number of alkyl halides is 3. The van der Waals surface area contributed by atoms with Crippen LogP contribution in [-0.4, -0.2) is 41.0 Å². The molecular formula is C25H32F4N4O2Si. The molecule has 0 unspecified atom stereocenters. The number of rotatable bonds is 10. The minimum absolute atomic E-state index is 0.132. The fraction of sp³-hybridized carbons (Fsp3) is 0.480. The van der Waals surface area contributed by atoms with E-state index in [9.17, 15) is 13.2 Å². The Morgan fingerprint density at radius 1 is 1.08 bits per heavy atom. The van der Waals surface area contributed by atoms with Gasteiger partial charge in [-0.1, -0.05) is 39.6 Å². The molecule has 0 fully saturated rings. The largest absolute Gasteiger partial charge is 0.477 e. The topological polar surface area (TPSA) is 62.1 Å². The van der Waals surface area contributed by atoms with E-state index < -0.39 is 32.6 Å². The van der Waals surface area contributed by atoms with Gasteiger partial charge in [0.15, 0.2) is 5.82 Å². The first-order valence-corrected chi connectivity index (χ1v) is 15.4. The zero-order valence-corrected chi connectivity index (χ0v) is 22.4. The van der Waals surface area contributed by atoms with Gasteiger partial charge in [0, 0.05) is 32.5 Å². The standard InChI is InChI=1S/C25H32F4N4O2Si/c1-16(2)14-35-22-11-17(3)20(13-30-22)18-7-8-19(21(26)12-18)23-31-24(25(27,28)29)33(32-23)15-34-9-10-36(4,5)6/h7-8,11-13,16H,9-10,14-15H2,1-6H3.